The smallest absolute Gasteiger partial charge is 0.462 e. The summed E-state index contributed by atoms with van der Waals surface area (Å²) in [6.45, 7) is 3.51. The number of nitrogens with two attached hydrogens (primary N) is 1. The molecule has 0 aliphatic carbocycles. The number of carbonyl (C=O) groups is 2. The lowest BCUT2D eigenvalue weighted by Crippen LogP contribution is -2.29. The Bertz CT molecular complexity index is 1100. The van der Waals surface area contributed by atoms with Gasteiger partial charge in [-0.05, 0) is 51.4 Å². The number of rotatable bonds is 37. The number of hydrogen-bond acceptors (Lipinski definition) is 8. The van der Waals surface area contributed by atoms with Crippen LogP contribution in [0.3, 0.4) is 0 Å². The van der Waals surface area contributed by atoms with Gasteiger partial charge in [0.25, 0.3) is 0 Å². The Morgan fingerprint density at radius 3 is 1.51 bits per heavy atom. The van der Waals surface area contributed by atoms with Crippen LogP contribution in [0.5, 0.6) is 0 Å². The van der Waals surface area contributed by atoms with Gasteiger partial charge < -0.3 is 20.1 Å². The summed E-state index contributed by atoms with van der Waals surface area (Å²) >= 11 is 0. The number of ether oxygens (including phenoxy) is 2. The fourth-order valence-corrected chi connectivity index (χ4v) is 5.89. The summed E-state index contributed by atoms with van der Waals surface area (Å²) in [5, 5.41) is 0. The average Bonchev–Trinajstić information content (AvgIpc) is 3.14. The van der Waals surface area contributed by atoms with Crippen molar-refractivity contribution in [3.05, 3.63) is 72.9 Å². The molecule has 0 aromatic heterocycles. The summed E-state index contributed by atoms with van der Waals surface area (Å²) in [5.74, 6) is -0.931. The molecule has 0 aromatic rings. The summed E-state index contributed by atoms with van der Waals surface area (Å²) in [6, 6.07) is 0. The van der Waals surface area contributed by atoms with Gasteiger partial charge in [-0.15, -0.1) is 0 Å². The second-order valence-electron chi connectivity index (χ2n) is 13.1. The van der Waals surface area contributed by atoms with E-state index in [1.165, 1.54) is 64.2 Å². The van der Waals surface area contributed by atoms with Crippen molar-refractivity contribution in [1.82, 2.24) is 0 Å². The Hall–Kier alpha value is -2.55. The second-order valence-corrected chi connectivity index (χ2v) is 14.6. The summed E-state index contributed by atoms with van der Waals surface area (Å²) < 4.78 is 32.6. The van der Waals surface area contributed by atoms with Crippen molar-refractivity contribution >= 4 is 19.8 Å². The number of unbranched alkanes of at least 4 members (excludes halogenated alkanes) is 12. The van der Waals surface area contributed by atoms with Crippen LogP contribution < -0.4 is 5.73 Å². The minimum absolute atomic E-state index is 0.0394. The van der Waals surface area contributed by atoms with Gasteiger partial charge >= 0.3 is 19.8 Å². The Labute approximate surface area is 322 Å². The molecule has 0 heterocycles. The molecule has 53 heavy (non-hydrogen) atoms. The van der Waals surface area contributed by atoms with Crippen molar-refractivity contribution in [2.24, 2.45) is 5.73 Å². The predicted molar refractivity (Wildman–Crippen MR) is 219 cm³/mol. The number of allylic oxidation sites excluding steroid dienone is 12. The Morgan fingerprint density at radius 2 is 1.04 bits per heavy atom. The molecule has 9 nitrogen and oxygen atoms in total. The van der Waals surface area contributed by atoms with Gasteiger partial charge in [-0.25, -0.2) is 4.57 Å². The predicted octanol–water partition coefficient (Wildman–Crippen LogP) is 11.5. The molecular formula is C43H74NO8P. The molecule has 3 N–H and O–H groups in total. The Morgan fingerprint density at radius 1 is 0.585 bits per heavy atom. The van der Waals surface area contributed by atoms with E-state index in [2.05, 4.69) is 74.6 Å². The molecule has 0 saturated carbocycles. The minimum Gasteiger partial charge on any atom is -0.462 e. The topological polar surface area (TPSA) is 134 Å². The molecule has 0 saturated heterocycles. The Balaban J connectivity index is 4.33. The molecule has 1 unspecified atom stereocenters. The maximum atomic E-state index is 12.5. The molecular weight excluding hydrogens is 689 g/mol. The fourth-order valence-electron chi connectivity index (χ4n) is 5.13. The minimum atomic E-state index is -4.40. The van der Waals surface area contributed by atoms with Gasteiger partial charge in [-0.3, -0.25) is 18.6 Å². The van der Waals surface area contributed by atoms with Crippen LogP contribution in [0, 0.1) is 0 Å². The van der Waals surface area contributed by atoms with Crippen molar-refractivity contribution in [2.45, 2.75) is 161 Å². The zero-order chi connectivity index (χ0) is 38.9. The van der Waals surface area contributed by atoms with E-state index < -0.39 is 32.5 Å². The first-order chi connectivity index (χ1) is 25.8. The van der Waals surface area contributed by atoms with Gasteiger partial charge in [0.2, 0.25) is 0 Å². The van der Waals surface area contributed by atoms with E-state index in [0.29, 0.717) is 6.42 Å². The van der Waals surface area contributed by atoms with Crippen LogP contribution in [0.4, 0.5) is 0 Å². The molecule has 0 spiro atoms. The van der Waals surface area contributed by atoms with Crippen LogP contribution in [0.1, 0.15) is 155 Å². The van der Waals surface area contributed by atoms with E-state index in [-0.39, 0.29) is 32.6 Å². The number of esters is 2. The van der Waals surface area contributed by atoms with Crippen LogP contribution in [0.2, 0.25) is 0 Å². The molecule has 0 amide bonds. The van der Waals surface area contributed by atoms with Gasteiger partial charge in [0.1, 0.15) is 6.61 Å². The third-order valence-corrected chi connectivity index (χ3v) is 9.10. The van der Waals surface area contributed by atoms with E-state index >= 15 is 0 Å². The molecule has 10 heteroatoms. The van der Waals surface area contributed by atoms with Crippen LogP contribution in [0.15, 0.2) is 72.9 Å². The van der Waals surface area contributed by atoms with E-state index in [9.17, 15) is 19.0 Å². The lowest BCUT2D eigenvalue weighted by atomic mass is 10.0. The van der Waals surface area contributed by atoms with E-state index in [1.807, 2.05) is 12.2 Å². The molecule has 0 aromatic carbocycles. The molecule has 304 valence electrons. The molecule has 0 bridgehead atoms. The van der Waals surface area contributed by atoms with E-state index in [1.54, 1.807) is 0 Å². The third-order valence-electron chi connectivity index (χ3n) is 8.12. The van der Waals surface area contributed by atoms with Crippen molar-refractivity contribution in [3.8, 4) is 0 Å². The van der Waals surface area contributed by atoms with Gasteiger partial charge in [-0.2, -0.15) is 0 Å². The fraction of sp³-hybridized carbons (Fsp3) is 0.674. The monoisotopic (exact) mass is 764 g/mol. The SMILES string of the molecule is CC/C=C/C/C=C/C/C=C/C/C=C/C/C=C/C/C=C/CCC(=O)O[C@H](COC(=O)CCCCCCCCCCCCCCC)COP(=O)(O)OCCN. The highest BCUT2D eigenvalue weighted by atomic mass is 31.2. The van der Waals surface area contributed by atoms with Crippen LogP contribution in [0.25, 0.3) is 0 Å². The lowest BCUT2D eigenvalue weighted by Gasteiger charge is -2.19. The molecule has 2 atom stereocenters. The number of phosphoric acid groups is 1. The van der Waals surface area contributed by atoms with Crippen molar-refractivity contribution in [3.63, 3.8) is 0 Å². The average molecular weight is 764 g/mol. The number of phosphoric ester groups is 1. The van der Waals surface area contributed by atoms with Gasteiger partial charge in [0.05, 0.1) is 13.2 Å². The Kier molecular flexibility index (Phi) is 37.3. The van der Waals surface area contributed by atoms with Gasteiger partial charge in [0.15, 0.2) is 6.10 Å². The summed E-state index contributed by atoms with van der Waals surface area (Å²) in [6.07, 6.45) is 46.6. The highest BCUT2D eigenvalue weighted by Gasteiger charge is 2.25. The van der Waals surface area contributed by atoms with Gasteiger partial charge in [0, 0.05) is 19.4 Å². The molecule has 0 rings (SSSR count). The quantitative estimate of drug-likeness (QED) is 0.0274. The first-order valence-corrected chi connectivity index (χ1v) is 21.9. The maximum absolute atomic E-state index is 12.5. The summed E-state index contributed by atoms with van der Waals surface area (Å²) in [5.41, 5.74) is 5.33. The number of hydrogen-bond donors (Lipinski definition) is 2. The van der Waals surface area contributed by atoms with Crippen LogP contribution >= 0.6 is 7.82 Å². The lowest BCUT2D eigenvalue weighted by molar-refractivity contribution is -0.161. The zero-order valence-electron chi connectivity index (χ0n) is 33.2. The summed E-state index contributed by atoms with van der Waals surface area (Å²) in [7, 11) is -4.40. The molecule has 0 fully saturated rings. The largest absolute Gasteiger partial charge is 0.472 e. The molecule has 0 radical (unpaired) electrons. The molecule has 0 aliphatic rings. The van der Waals surface area contributed by atoms with Gasteiger partial charge in [-0.1, -0.05) is 164 Å². The summed E-state index contributed by atoms with van der Waals surface area (Å²) in [4.78, 5) is 34.7. The maximum Gasteiger partial charge on any atom is 0.472 e. The second kappa shape index (κ2) is 39.2. The first kappa shape index (κ1) is 50.5. The zero-order valence-corrected chi connectivity index (χ0v) is 34.1. The third kappa shape index (κ3) is 39.0. The van der Waals surface area contributed by atoms with E-state index in [4.69, 9.17) is 24.3 Å². The van der Waals surface area contributed by atoms with E-state index in [0.717, 1.165) is 57.8 Å². The standard InChI is InChI=1S/C43H74NO8P/c1-3-5-7-9-11-13-15-17-18-19-20-21-22-24-26-28-30-32-34-36-43(46)52-41(40-51-53(47,48)50-38-37-44)39-49-42(45)35-33-31-29-27-25-23-16-14-12-10-8-6-4-2/h5,7,11,13,17-18,20-21,24,26,30,32,41H,3-4,6,8-10,12,14-16,19,22-23,25,27-29,31,33-40,44H2,1-2H3,(H,47,48)/b7-5+,13-11+,18-17+,21-20+,26-24+,32-30+/t41-/m1/s1. The normalized spacial score (nSPS) is 14.1. The van der Waals surface area contributed by atoms with Crippen LogP contribution in [-0.2, 0) is 32.7 Å². The highest BCUT2D eigenvalue weighted by Crippen LogP contribution is 2.43. The van der Waals surface area contributed by atoms with Crippen molar-refractivity contribution in [2.75, 3.05) is 26.4 Å². The van der Waals surface area contributed by atoms with Crippen molar-refractivity contribution < 1.29 is 37.6 Å². The number of carbonyl (C=O) groups excluding carboxylic acids is 2. The highest BCUT2D eigenvalue weighted by molar-refractivity contribution is 7.47. The first-order valence-electron chi connectivity index (χ1n) is 20.4. The van der Waals surface area contributed by atoms with Crippen LogP contribution in [-0.4, -0.2) is 49.3 Å². The molecule has 0 aliphatic heterocycles. The van der Waals surface area contributed by atoms with Crippen molar-refractivity contribution in [1.29, 1.82) is 0 Å².